The Bertz CT molecular complexity index is 813. The van der Waals surface area contributed by atoms with Gasteiger partial charge < -0.3 is 5.73 Å². The van der Waals surface area contributed by atoms with E-state index in [9.17, 15) is 8.78 Å². The van der Waals surface area contributed by atoms with E-state index in [0.29, 0.717) is 16.9 Å². The van der Waals surface area contributed by atoms with Crippen molar-refractivity contribution in [2.45, 2.75) is 6.92 Å². The quantitative estimate of drug-likeness (QED) is 0.735. The minimum atomic E-state index is -0.486. The van der Waals surface area contributed by atoms with Crippen LogP contribution in [-0.4, -0.2) is 20.2 Å². The highest BCUT2D eigenvalue weighted by molar-refractivity contribution is 5.63. The van der Waals surface area contributed by atoms with Crippen molar-refractivity contribution in [3.8, 4) is 17.1 Å². The summed E-state index contributed by atoms with van der Waals surface area (Å²) in [4.78, 5) is 0. The van der Waals surface area contributed by atoms with Crippen molar-refractivity contribution < 1.29 is 8.78 Å². The van der Waals surface area contributed by atoms with Gasteiger partial charge in [0.25, 0.3) is 0 Å². The molecule has 7 heteroatoms. The van der Waals surface area contributed by atoms with Gasteiger partial charge in [-0.1, -0.05) is 0 Å². The Balaban J connectivity index is 2.19. The first-order valence-electron chi connectivity index (χ1n) is 6.16. The average Bonchev–Trinajstić information content (AvgIpc) is 2.90. The highest BCUT2D eigenvalue weighted by Crippen LogP contribution is 2.25. The maximum atomic E-state index is 14.0. The molecular weight excluding hydrogens is 276 g/mol. The van der Waals surface area contributed by atoms with Crippen LogP contribution < -0.4 is 5.73 Å². The molecule has 0 saturated carbocycles. The first-order valence-corrected chi connectivity index (χ1v) is 6.16. The van der Waals surface area contributed by atoms with E-state index < -0.39 is 5.82 Å². The van der Waals surface area contributed by atoms with Crippen LogP contribution >= 0.6 is 0 Å². The van der Waals surface area contributed by atoms with Gasteiger partial charge in [-0.3, -0.25) is 0 Å². The maximum absolute atomic E-state index is 14.0. The molecule has 21 heavy (non-hydrogen) atoms. The number of anilines is 1. The van der Waals surface area contributed by atoms with Crippen LogP contribution in [0.4, 0.5) is 14.5 Å². The number of rotatable bonds is 2. The molecule has 0 atom stereocenters. The number of aryl methyl sites for hydroxylation is 1. The van der Waals surface area contributed by atoms with Gasteiger partial charge in [-0.25, -0.2) is 8.78 Å². The molecule has 0 unspecified atom stereocenters. The van der Waals surface area contributed by atoms with Crippen molar-refractivity contribution in [3.05, 3.63) is 53.6 Å². The van der Waals surface area contributed by atoms with Crippen molar-refractivity contribution in [3.63, 3.8) is 0 Å². The Kier molecular flexibility index (Phi) is 3.09. The summed E-state index contributed by atoms with van der Waals surface area (Å²) in [5, 5.41) is 11.3. The van der Waals surface area contributed by atoms with Crippen LogP contribution in [0.15, 0.2) is 36.4 Å². The summed E-state index contributed by atoms with van der Waals surface area (Å²) in [6.45, 7) is 1.72. The minimum Gasteiger partial charge on any atom is -0.399 e. The molecule has 2 aromatic carbocycles. The number of nitrogens with two attached hydrogens (primary N) is 1. The van der Waals surface area contributed by atoms with E-state index in [4.69, 9.17) is 5.73 Å². The molecule has 3 aromatic rings. The van der Waals surface area contributed by atoms with Crippen LogP contribution in [0.1, 0.15) is 5.56 Å². The lowest BCUT2D eigenvalue weighted by atomic mass is 10.1. The van der Waals surface area contributed by atoms with E-state index in [1.165, 1.54) is 41.1 Å². The number of hydrogen-bond donors (Lipinski definition) is 1. The van der Waals surface area contributed by atoms with Gasteiger partial charge >= 0.3 is 0 Å². The molecule has 0 aliphatic rings. The fraction of sp³-hybridized carbons (Fsp3) is 0.0714. The lowest BCUT2D eigenvalue weighted by molar-refractivity contribution is 0.624. The molecule has 0 spiro atoms. The summed E-state index contributed by atoms with van der Waals surface area (Å²) in [5.74, 6) is -0.643. The molecule has 2 N–H and O–H groups in total. The largest absolute Gasteiger partial charge is 0.399 e. The lowest BCUT2D eigenvalue weighted by Crippen LogP contribution is -2.04. The zero-order valence-corrected chi connectivity index (χ0v) is 11.1. The summed E-state index contributed by atoms with van der Waals surface area (Å²) >= 11 is 0. The molecule has 5 nitrogen and oxygen atoms in total. The smallest absolute Gasteiger partial charge is 0.190 e. The Morgan fingerprint density at radius 1 is 1.10 bits per heavy atom. The number of benzene rings is 2. The molecule has 3 rings (SSSR count). The fourth-order valence-corrected chi connectivity index (χ4v) is 2.09. The second-order valence-corrected chi connectivity index (χ2v) is 4.58. The second-order valence-electron chi connectivity index (χ2n) is 4.58. The zero-order valence-electron chi connectivity index (χ0n) is 11.1. The molecule has 0 amide bonds. The predicted octanol–water partition coefficient (Wildman–Crippen LogP) is 2.50. The van der Waals surface area contributed by atoms with E-state index in [-0.39, 0.29) is 17.2 Å². The summed E-state index contributed by atoms with van der Waals surface area (Å²) in [7, 11) is 0. The Morgan fingerprint density at radius 3 is 2.67 bits per heavy atom. The second kappa shape index (κ2) is 4.93. The highest BCUT2D eigenvalue weighted by atomic mass is 19.1. The fourth-order valence-electron chi connectivity index (χ4n) is 2.09. The molecule has 0 bridgehead atoms. The topological polar surface area (TPSA) is 69.6 Å². The lowest BCUT2D eigenvalue weighted by Gasteiger charge is -2.09. The monoisotopic (exact) mass is 287 g/mol. The Labute approximate surface area is 119 Å². The predicted molar refractivity (Wildman–Crippen MR) is 73.7 cm³/mol. The number of halogens is 2. The SMILES string of the molecule is Cc1cc(F)ccc1-n1nnnc1-c1cc(N)ccc1F. The number of nitrogen functional groups attached to an aromatic ring is 1. The third kappa shape index (κ3) is 2.33. The van der Waals surface area contributed by atoms with Gasteiger partial charge in [-0.05, 0) is 59.3 Å². The third-order valence-electron chi connectivity index (χ3n) is 3.09. The van der Waals surface area contributed by atoms with E-state index >= 15 is 0 Å². The van der Waals surface area contributed by atoms with Gasteiger partial charge in [-0.15, -0.1) is 5.10 Å². The van der Waals surface area contributed by atoms with Crippen molar-refractivity contribution in [2.24, 2.45) is 0 Å². The molecule has 106 valence electrons. The summed E-state index contributed by atoms with van der Waals surface area (Å²) in [6.07, 6.45) is 0. The van der Waals surface area contributed by atoms with E-state index in [1.807, 2.05) is 0 Å². The molecule has 0 radical (unpaired) electrons. The normalized spacial score (nSPS) is 10.8. The van der Waals surface area contributed by atoms with Crippen LogP contribution in [0.5, 0.6) is 0 Å². The van der Waals surface area contributed by atoms with E-state index in [1.54, 1.807) is 6.92 Å². The van der Waals surface area contributed by atoms with Gasteiger partial charge in [0.1, 0.15) is 11.6 Å². The number of tetrazole rings is 1. The number of aromatic nitrogens is 4. The van der Waals surface area contributed by atoms with E-state index in [2.05, 4.69) is 15.5 Å². The summed E-state index contributed by atoms with van der Waals surface area (Å²) < 4.78 is 28.5. The molecule has 0 saturated heterocycles. The maximum Gasteiger partial charge on any atom is 0.190 e. The minimum absolute atomic E-state index is 0.184. The van der Waals surface area contributed by atoms with Crippen molar-refractivity contribution in [1.29, 1.82) is 0 Å². The Morgan fingerprint density at radius 2 is 1.90 bits per heavy atom. The van der Waals surface area contributed by atoms with E-state index in [0.717, 1.165) is 0 Å². The number of nitrogens with zero attached hydrogens (tertiary/aromatic N) is 4. The highest BCUT2D eigenvalue weighted by Gasteiger charge is 2.16. The zero-order chi connectivity index (χ0) is 15.0. The van der Waals surface area contributed by atoms with Crippen molar-refractivity contribution in [1.82, 2.24) is 20.2 Å². The first-order chi connectivity index (χ1) is 10.1. The third-order valence-corrected chi connectivity index (χ3v) is 3.09. The molecule has 0 aliphatic heterocycles. The van der Waals surface area contributed by atoms with Crippen molar-refractivity contribution >= 4 is 5.69 Å². The van der Waals surface area contributed by atoms with Crippen LogP contribution in [0.25, 0.3) is 17.1 Å². The van der Waals surface area contributed by atoms with Gasteiger partial charge in [0.2, 0.25) is 0 Å². The first kappa shape index (κ1) is 13.2. The van der Waals surface area contributed by atoms with Crippen LogP contribution in [0.3, 0.4) is 0 Å². The number of hydrogen-bond acceptors (Lipinski definition) is 4. The molecule has 0 aliphatic carbocycles. The molecular formula is C14H11F2N5. The van der Waals surface area contributed by atoms with Gasteiger partial charge in [0, 0.05) is 5.69 Å². The van der Waals surface area contributed by atoms with Crippen LogP contribution in [0.2, 0.25) is 0 Å². The van der Waals surface area contributed by atoms with Crippen LogP contribution in [0, 0.1) is 18.6 Å². The summed E-state index contributed by atoms with van der Waals surface area (Å²) in [6, 6.07) is 8.35. The van der Waals surface area contributed by atoms with Gasteiger partial charge in [-0.2, -0.15) is 4.68 Å². The Hall–Kier alpha value is -2.83. The summed E-state index contributed by atoms with van der Waals surface area (Å²) in [5.41, 5.74) is 7.46. The molecule has 1 aromatic heterocycles. The molecule has 1 heterocycles. The van der Waals surface area contributed by atoms with Gasteiger partial charge in [0.15, 0.2) is 5.82 Å². The van der Waals surface area contributed by atoms with Crippen molar-refractivity contribution in [2.75, 3.05) is 5.73 Å². The van der Waals surface area contributed by atoms with Gasteiger partial charge in [0.05, 0.1) is 11.3 Å². The molecule has 0 fully saturated rings. The average molecular weight is 287 g/mol. The standard InChI is InChI=1S/C14H11F2N5/c1-8-6-9(15)2-5-13(8)21-14(18-19-20-21)11-7-10(17)3-4-12(11)16/h2-7H,17H2,1H3. The van der Waals surface area contributed by atoms with Crippen LogP contribution in [-0.2, 0) is 0 Å².